The van der Waals surface area contributed by atoms with Gasteiger partial charge in [0.15, 0.2) is 0 Å². The summed E-state index contributed by atoms with van der Waals surface area (Å²) in [5, 5.41) is 5.47. The predicted octanol–water partition coefficient (Wildman–Crippen LogP) is 5.69. The smallest absolute Gasteiger partial charge is 0.270 e. The van der Waals surface area contributed by atoms with Crippen molar-refractivity contribution in [2.24, 2.45) is 11.8 Å². The van der Waals surface area contributed by atoms with Crippen molar-refractivity contribution in [2.75, 3.05) is 13.1 Å². The van der Waals surface area contributed by atoms with Crippen LogP contribution in [0, 0.1) is 18.8 Å². The van der Waals surface area contributed by atoms with Crippen molar-refractivity contribution in [1.82, 2.24) is 15.2 Å². The third-order valence-corrected chi connectivity index (χ3v) is 7.89. The molecule has 1 aliphatic carbocycles. The molecule has 0 bridgehead atoms. The van der Waals surface area contributed by atoms with Crippen molar-refractivity contribution in [1.29, 1.82) is 0 Å². The van der Waals surface area contributed by atoms with E-state index < -0.39 is 0 Å². The maximum atomic E-state index is 13.2. The molecule has 2 aromatic carbocycles. The highest BCUT2D eigenvalue weighted by Gasteiger charge is 2.39. The summed E-state index contributed by atoms with van der Waals surface area (Å²) >= 11 is 1.43. The first-order valence-electron chi connectivity index (χ1n) is 13.2. The Kier molecular flexibility index (Phi) is 7.60. The van der Waals surface area contributed by atoms with E-state index in [9.17, 15) is 9.59 Å². The molecule has 1 aliphatic heterocycles. The van der Waals surface area contributed by atoms with Crippen LogP contribution in [-0.2, 0) is 17.8 Å². The standard InChI is InChI=1S/C30H35N3O3S/c1-19(2)11-13-31-29(34)26-18-37-27(32-26)17-36-24-10-9-21-12-14-33(30(35)22-7-8-22)28(25(21)16-24)23-6-4-5-20(3)15-23/h4-6,9-10,15-16,18-19,22,28H,7-8,11-14,17H2,1-3H3,(H,31,34)/t28-/m1/s1. The normalized spacial score (nSPS) is 17.0. The monoisotopic (exact) mass is 517 g/mol. The highest BCUT2D eigenvalue weighted by molar-refractivity contribution is 7.09. The van der Waals surface area contributed by atoms with E-state index in [1.54, 1.807) is 5.38 Å². The molecule has 0 unspecified atom stereocenters. The van der Waals surface area contributed by atoms with Gasteiger partial charge in [-0.2, -0.15) is 0 Å². The lowest BCUT2D eigenvalue weighted by molar-refractivity contribution is -0.134. The Morgan fingerprint density at radius 3 is 2.78 bits per heavy atom. The molecule has 2 aliphatic rings. The minimum absolute atomic E-state index is 0.110. The maximum Gasteiger partial charge on any atom is 0.270 e. The van der Waals surface area contributed by atoms with E-state index in [4.69, 9.17) is 4.74 Å². The van der Waals surface area contributed by atoms with Crippen molar-refractivity contribution in [2.45, 2.75) is 59.1 Å². The number of carbonyl (C=O) groups excluding carboxylic acids is 2. The zero-order chi connectivity index (χ0) is 25.9. The van der Waals surface area contributed by atoms with Crippen LogP contribution in [0.3, 0.4) is 0 Å². The largest absolute Gasteiger partial charge is 0.486 e. The lowest BCUT2D eigenvalue weighted by atomic mass is 9.87. The van der Waals surface area contributed by atoms with Gasteiger partial charge >= 0.3 is 0 Å². The SMILES string of the molecule is Cc1cccc([C@@H]2c3cc(OCc4nc(C(=O)NCCC(C)C)cs4)ccc3CCN2C(=O)C2CC2)c1. The van der Waals surface area contributed by atoms with Crippen molar-refractivity contribution in [3.05, 3.63) is 80.8 Å². The van der Waals surface area contributed by atoms with E-state index in [1.807, 2.05) is 6.07 Å². The summed E-state index contributed by atoms with van der Waals surface area (Å²) in [5.41, 5.74) is 5.15. The lowest BCUT2D eigenvalue weighted by Crippen LogP contribution is -2.41. The number of aromatic nitrogens is 1. The van der Waals surface area contributed by atoms with Gasteiger partial charge in [-0.15, -0.1) is 11.3 Å². The summed E-state index contributed by atoms with van der Waals surface area (Å²) < 4.78 is 6.14. The van der Waals surface area contributed by atoms with E-state index in [0.29, 0.717) is 24.8 Å². The molecule has 7 heteroatoms. The fourth-order valence-corrected chi connectivity index (χ4v) is 5.56. The molecule has 2 heterocycles. The average molecular weight is 518 g/mol. The van der Waals surface area contributed by atoms with Gasteiger partial charge in [0, 0.05) is 24.4 Å². The molecular weight excluding hydrogens is 482 g/mol. The van der Waals surface area contributed by atoms with Gasteiger partial charge in [-0.3, -0.25) is 9.59 Å². The van der Waals surface area contributed by atoms with Gasteiger partial charge in [0.05, 0.1) is 6.04 Å². The summed E-state index contributed by atoms with van der Waals surface area (Å²) in [6.45, 7) is 8.04. The van der Waals surface area contributed by atoms with Crippen LogP contribution in [0.1, 0.15) is 76.9 Å². The van der Waals surface area contributed by atoms with Crippen LogP contribution in [0.25, 0.3) is 0 Å². The van der Waals surface area contributed by atoms with Gasteiger partial charge in [0.1, 0.15) is 23.1 Å². The third-order valence-electron chi connectivity index (χ3n) is 7.07. The number of benzene rings is 2. The summed E-state index contributed by atoms with van der Waals surface area (Å²) in [7, 11) is 0. The minimum Gasteiger partial charge on any atom is -0.486 e. The first kappa shape index (κ1) is 25.5. The fraction of sp³-hybridized carbons (Fsp3) is 0.433. The number of rotatable bonds is 9. The summed E-state index contributed by atoms with van der Waals surface area (Å²) in [4.78, 5) is 32.2. The first-order valence-corrected chi connectivity index (χ1v) is 14.1. The minimum atomic E-state index is -0.140. The number of hydrogen-bond acceptors (Lipinski definition) is 5. The highest BCUT2D eigenvalue weighted by Crippen LogP contribution is 2.41. The molecule has 3 aromatic rings. The molecular formula is C30H35N3O3S. The molecule has 6 nitrogen and oxygen atoms in total. The number of amides is 2. The molecule has 1 saturated carbocycles. The van der Waals surface area contributed by atoms with Gasteiger partial charge in [0.25, 0.3) is 5.91 Å². The molecule has 1 atom stereocenters. The predicted molar refractivity (Wildman–Crippen MR) is 146 cm³/mol. The molecule has 194 valence electrons. The zero-order valence-corrected chi connectivity index (χ0v) is 22.6. The Morgan fingerprint density at radius 1 is 1.19 bits per heavy atom. The quantitative estimate of drug-likeness (QED) is 0.396. The molecule has 1 N–H and O–H groups in total. The topological polar surface area (TPSA) is 71.5 Å². The number of fused-ring (bicyclic) bond motifs is 1. The fourth-order valence-electron chi connectivity index (χ4n) is 4.88. The van der Waals surface area contributed by atoms with Crippen molar-refractivity contribution in [3.8, 4) is 5.75 Å². The van der Waals surface area contributed by atoms with Gasteiger partial charge in [-0.25, -0.2) is 4.98 Å². The van der Waals surface area contributed by atoms with Crippen molar-refractivity contribution >= 4 is 23.2 Å². The second-order valence-electron chi connectivity index (χ2n) is 10.6. The van der Waals surface area contributed by atoms with Gasteiger partial charge in [-0.05, 0) is 67.3 Å². The average Bonchev–Trinajstić information content (AvgIpc) is 3.63. The number of aryl methyl sites for hydroxylation is 1. The highest BCUT2D eigenvalue weighted by atomic mass is 32.1. The van der Waals surface area contributed by atoms with Crippen LogP contribution >= 0.6 is 11.3 Å². The van der Waals surface area contributed by atoms with Crippen molar-refractivity contribution < 1.29 is 14.3 Å². The second-order valence-corrected chi connectivity index (χ2v) is 11.5. The number of thiazole rings is 1. The van der Waals surface area contributed by atoms with Gasteiger partial charge in [0.2, 0.25) is 5.91 Å². The molecule has 0 saturated heterocycles. The Hall–Kier alpha value is -3.19. The number of carbonyl (C=O) groups is 2. The van der Waals surface area contributed by atoms with Crippen LogP contribution in [0.15, 0.2) is 47.8 Å². The zero-order valence-electron chi connectivity index (χ0n) is 21.8. The summed E-state index contributed by atoms with van der Waals surface area (Å²) in [6, 6.07) is 14.6. The number of nitrogens with one attached hydrogen (secondary N) is 1. The van der Waals surface area contributed by atoms with Crippen LogP contribution in [0.4, 0.5) is 0 Å². The van der Waals surface area contributed by atoms with Crippen LogP contribution < -0.4 is 10.1 Å². The Morgan fingerprint density at radius 2 is 2.03 bits per heavy atom. The molecule has 1 aromatic heterocycles. The Labute approximate surface area is 223 Å². The van der Waals surface area contributed by atoms with Crippen molar-refractivity contribution in [3.63, 3.8) is 0 Å². The summed E-state index contributed by atoms with van der Waals surface area (Å²) in [6.07, 6.45) is 3.78. The van der Waals surface area contributed by atoms with E-state index >= 15 is 0 Å². The van der Waals surface area contributed by atoms with Crippen LogP contribution in [0.2, 0.25) is 0 Å². The summed E-state index contributed by atoms with van der Waals surface area (Å²) in [5.74, 6) is 1.59. The van der Waals surface area contributed by atoms with Crippen LogP contribution in [0.5, 0.6) is 5.75 Å². The molecule has 0 radical (unpaired) electrons. The molecule has 0 spiro atoms. The molecule has 2 amide bonds. The Balaban J connectivity index is 1.32. The molecule has 37 heavy (non-hydrogen) atoms. The first-order chi connectivity index (χ1) is 17.9. The maximum absolute atomic E-state index is 13.2. The van der Waals surface area contributed by atoms with Crippen LogP contribution in [-0.4, -0.2) is 34.8 Å². The number of hydrogen-bond donors (Lipinski definition) is 1. The molecule has 1 fully saturated rings. The Bertz CT molecular complexity index is 1280. The number of nitrogens with zero attached hydrogens (tertiary/aromatic N) is 2. The molecule has 5 rings (SSSR count). The van der Waals surface area contributed by atoms with Gasteiger partial charge in [-0.1, -0.05) is 49.7 Å². The van der Waals surface area contributed by atoms with E-state index in [2.05, 4.69) is 72.4 Å². The van der Waals surface area contributed by atoms with Gasteiger partial charge < -0.3 is 15.0 Å². The second kappa shape index (κ2) is 11.1. The number of ether oxygens (including phenoxy) is 1. The van der Waals surface area contributed by atoms with E-state index in [0.717, 1.165) is 54.1 Å². The van der Waals surface area contributed by atoms with E-state index in [-0.39, 0.29) is 23.8 Å². The third kappa shape index (κ3) is 6.04. The van der Waals surface area contributed by atoms with E-state index in [1.165, 1.54) is 22.5 Å². The lowest BCUT2D eigenvalue weighted by Gasteiger charge is -2.38.